The monoisotopic (exact) mass is 371 g/mol. The summed E-state index contributed by atoms with van der Waals surface area (Å²) in [5.41, 5.74) is -3.47. The summed E-state index contributed by atoms with van der Waals surface area (Å²) in [6, 6.07) is 0.885. The van der Waals surface area contributed by atoms with E-state index in [9.17, 15) is 40.2 Å². The second-order valence-corrected chi connectivity index (χ2v) is 5.66. The van der Waals surface area contributed by atoms with Gasteiger partial charge in [0.1, 0.15) is 6.10 Å². The minimum absolute atomic E-state index is 0.363. The van der Waals surface area contributed by atoms with Crippen LogP contribution in [0, 0.1) is 17.5 Å². The predicted molar refractivity (Wildman–Crippen MR) is 68.9 cm³/mol. The van der Waals surface area contributed by atoms with E-state index in [1.807, 2.05) is 0 Å². The molecule has 2 aromatic rings. The van der Waals surface area contributed by atoms with Gasteiger partial charge in [-0.1, -0.05) is 0 Å². The topological polar surface area (TPSA) is 25.2 Å². The van der Waals surface area contributed by atoms with E-state index < -0.39 is 65.3 Å². The van der Waals surface area contributed by atoms with Crippen LogP contribution >= 0.6 is 0 Å². The van der Waals surface area contributed by atoms with Crippen LogP contribution in [0.5, 0.6) is 0 Å². The van der Waals surface area contributed by atoms with Crippen LogP contribution in [-0.4, -0.2) is 15.6 Å². The van der Waals surface area contributed by atoms with Gasteiger partial charge in [0.2, 0.25) is 0 Å². The molecule has 10 heteroatoms. The molecule has 1 aliphatic rings. The fraction of sp³-hybridized carbons (Fsp3) is 0.333. The standard InChI is InChI=1S/C15H9F8NO/c16-8-3-6(4-9(17)12(8)18)24-5-7(15(21,22)23)11-10(24)1-2-14(19,20)13(11)25/h3-5,13,25H,1-2H2. The quantitative estimate of drug-likeness (QED) is 0.578. The second kappa shape index (κ2) is 5.45. The van der Waals surface area contributed by atoms with Crippen LogP contribution in [-0.2, 0) is 12.6 Å². The molecule has 1 N–H and O–H groups in total. The maximum absolute atomic E-state index is 13.6. The average molecular weight is 371 g/mol. The van der Waals surface area contributed by atoms with Crippen molar-refractivity contribution >= 4 is 0 Å². The van der Waals surface area contributed by atoms with Crippen LogP contribution in [0.4, 0.5) is 35.1 Å². The molecule has 3 rings (SSSR count). The first-order valence-corrected chi connectivity index (χ1v) is 6.95. The number of hydrogen-bond donors (Lipinski definition) is 1. The molecule has 1 aromatic heterocycles. The van der Waals surface area contributed by atoms with Gasteiger partial charge in [-0.05, 0) is 6.42 Å². The number of halogens is 8. The highest BCUT2D eigenvalue weighted by Gasteiger charge is 2.50. The van der Waals surface area contributed by atoms with Crippen molar-refractivity contribution in [2.45, 2.75) is 31.0 Å². The number of aromatic nitrogens is 1. The Morgan fingerprint density at radius 1 is 1.08 bits per heavy atom. The normalized spacial score (nSPS) is 19.8. The van der Waals surface area contributed by atoms with Crippen LogP contribution in [0.15, 0.2) is 18.3 Å². The van der Waals surface area contributed by atoms with Crippen LogP contribution in [0.1, 0.15) is 29.3 Å². The largest absolute Gasteiger partial charge is 0.418 e. The lowest BCUT2D eigenvalue weighted by atomic mass is 9.89. The third kappa shape index (κ3) is 2.78. The van der Waals surface area contributed by atoms with Crippen LogP contribution in [0.3, 0.4) is 0 Å². The zero-order valence-corrected chi connectivity index (χ0v) is 12.1. The number of benzene rings is 1. The first-order chi connectivity index (χ1) is 11.4. The molecule has 0 saturated carbocycles. The van der Waals surface area contributed by atoms with E-state index in [0.29, 0.717) is 22.9 Å². The van der Waals surface area contributed by atoms with Crippen molar-refractivity contribution in [3.05, 3.63) is 52.6 Å². The van der Waals surface area contributed by atoms with Gasteiger partial charge in [-0.25, -0.2) is 22.0 Å². The predicted octanol–water partition coefficient (Wildman–Crippen LogP) is 4.53. The van der Waals surface area contributed by atoms with E-state index in [4.69, 9.17) is 0 Å². The number of aliphatic hydroxyl groups is 1. The molecule has 1 atom stereocenters. The van der Waals surface area contributed by atoms with Gasteiger partial charge in [-0.3, -0.25) is 0 Å². The maximum Gasteiger partial charge on any atom is 0.418 e. The molecule has 0 saturated heterocycles. The Morgan fingerprint density at radius 3 is 2.16 bits per heavy atom. The first-order valence-electron chi connectivity index (χ1n) is 6.95. The lowest BCUT2D eigenvalue weighted by Gasteiger charge is -2.29. The van der Waals surface area contributed by atoms with Gasteiger partial charge in [0.25, 0.3) is 5.92 Å². The Hall–Kier alpha value is -2.10. The van der Waals surface area contributed by atoms with Crippen LogP contribution < -0.4 is 0 Å². The highest BCUT2D eigenvalue weighted by atomic mass is 19.4. The lowest BCUT2D eigenvalue weighted by Crippen LogP contribution is -2.33. The van der Waals surface area contributed by atoms with E-state index in [2.05, 4.69) is 0 Å². The molecular weight excluding hydrogens is 362 g/mol. The van der Waals surface area contributed by atoms with Gasteiger partial charge in [0.05, 0.1) is 11.3 Å². The highest BCUT2D eigenvalue weighted by Crippen LogP contribution is 2.48. The zero-order chi connectivity index (χ0) is 18.7. The van der Waals surface area contributed by atoms with E-state index in [-0.39, 0.29) is 5.69 Å². The zero-order valence-electron chi connectivity index (χ0n) is 12.1. The Kier molecular flexibility index (Phi) is 3.86. The van der Waals surface area contributed by atoms with Crippen molar-refractivity contribution in [3.63, 3.8) is 0 Å². The first kappa shape index (κ1) is 17.7. The lowest BCUT2D eigenvalue weighted by molar-refractivity contribution is -0.147. The molecule has 1 unspecified atom stereocenters. The van der Waals surface area contributed by atoms with Crippen LogP contribution in [0.2, 0.25) is 0 Å². The van der Waals surface area contributed by atoms with Gasteiger partial charge >= 0.3 is 6.18 Å². The summed E-state index contributed by atoms with van der Waals surface area (Å²) in [5.74, 6) is -8.88. The molecule has 25 heavy (non-hydrogen) atoms. The molecule has 0 bridgehead atoms. The van der Waals surface area contributed by atoms with Crippen molar-refractivity contribution in [2.24, 2.45) is 0 Å². The maximum atomic E-state index is 13.6. The minimum atomic E-state index is -5.08. The Bertz CT molecular complexity index is 816. The molecule has 0 radical (unpaired) electrons. The number of aliphatic hydroxyl groups excluding tert-OH is 1. The molecule has 2 nitrogen and oxygen atoms in total. The molecule has 0 fully saturated rings. The summed E-state index contributed by atoms with van der Waals surface area (Å²) in [6.45, 7) is 0. The summed E-state index contributed by atoms with van der Waals surface area (Å²) >= 11 is 0. The van der Waals surface area contributed by atoms with E-state index in [1.165, 1.54) is 0 Å². The van der Waals surface area contributed by atoms with E-state index >= 15 is 0 Å². The number of fused-ring (bicyclic) bond motifs is 1. The highest BCUT2D eigenvalue weighted by molar-refractivity contribution is 5.47. The third-order valence-corrected chi connectivity index (χ3v) is 4.07. The van der Waals surface area contributed by atoms with Gasteiger partial charge in [-0.2, -0.15) is 13.2 Å². The number of hydrogen-bond acceptors (Lipinski definition) is 1. The van der Waals surface area contributed by atoms with Crippen molar-refractivity contribution in [3.8, 4) is 5.69 Å². The van der Waals surface area contributed by atoms with Gasteiger partial charge in [0.15, 0.2) is 17.5 Å². The van der Waals surface area contributed by atoms with E-state index in [0.717, 1.165) is 0 Å². The summed E-state index contributed by atoms with van der Waals surface area (Å²) in [6.07, 6.45) is -8.96. The van der Waals surface area contributed by atoms with Crippen molar-refractivity contribution in [2.75, 3.05) is 0 Å². The Labute approximate surface area is 135 Å². The summed E-state index contributed by atoms with van der Waals surface area (Å²) in [5, 5.41) is 9.68. The fourth-order valence-corrected chi connectivity index (χ4v) is 2.89. The molecule has 136 valence electrons. The molecular formula is C15H9F8NO. The van der Waals surface area contributed by atoms with Crippen molar-refractivity contribution in [1.29, 1.82) is 0 Å². The smallest absolute Gasteiger partial charge is 0.382 e. The number of nitrogens with zero attached hydrogens (tertiary/aromatic N) is 1. The summed E-state index contributed by atoms with van der Waals surface area (Å²) in [4.78, 5) is 0. The molecule has 1 aromatic carbocycles. The molecule has 0 spiro atoms. The molecule has 0 aliphatic heterocycles. The fourth-order valence-electron chi connectivity index (χ4n) is 2.89. The average Bonchev–Trinajstić information content (AvgIpc) is 2.88. The second-order valence-electron chi connectivity index (χ2n) is 5.66. The number of rotatable bonds is 1. The van der Waals surface area contributed by atoms with E-state index in [1.54, 1.807) is 0 Å². The van der Waals surface area contributed by atoms with Crippen molar-refractivity contribution in [1.82, 2.24) is 4.57 Å². The van der Waals surface area contributed by atoms with Crippen LogP contribution in [0.25, 0.3) is 5.69 Å². The van der Waals surface area contributed by atoms with Crippen molar-refractivity contribution < 1.29 is 40.2 Å². The molecule has 1 aliphatic carbocycles. The number of alkyl halides is 5. The summed E-state index contributed by atoms with van der Waals surface area (Å²) < 4.78 is 107. The van der Waals surface area contributed by atoms with Gasteiger partial charge in [0, 0.05) is 36.0 Å². The molecule has 0 amide bonds. The summed E-state index contributed by atoms with van der Waals surface area (Å²) in [7, 11) is 0. The van der Waals surface area contributed by atoms with Gasteiger partial charge < -0.3 is 9.67 Å². The third-order valence-electron chi connectivity index (χ3n) is 4.07. The minimum Gasteiger partial charge on any atom is -0.382 e. The molecule has 1 heterocycles. The SMILES string of the molecule is OC1c2c(C(F)(F)F)cn(-c3cc(F)c(F)c(F)c3)c2CCC1(F)F. The Morgan fingerprint density at radius 2 is 1.64 bits per heavy atom. The Balaban J connectivity index is 2.28. The van der Waals surface area contributed by atoms with Gasteiger partial charge in [-0.15, -0.1) is 0 Å².